The fourth-order valence-electron chi connectivity index (χ4n) is 3.14. The molecule has 0 N–H and O–H groups in total. The van der Waals surface area contributed by atoms with Crippen molar-refractivity contribution >= 4 is 11.6 Å². The zero-order chi connectivity index (χ0) is 19.0. The fourth-order valence-corrected chi connectivity index (χ4v) is 3.14. The van der Waals surface area contributed by atoms with E-state index in [0.29, 0.717) is 5.56 Å². The summed E-state index contributed by atoms with van der Waals surface area (Å²) in [5.41, 5.74) is 6.41. The van der Waals surface area contributed by atoms with Crippen molar-refractivity contribution in [3.05, 3.63) is 83.7 Å². The second-order valence-corrected chi connectivity index (χ2v) is 6.30. The molecular formula is C22H14N3O2-. The van der Waals surface area contributed by atoms with Crippen LogP contribution in [-0.2, 0) is 0 Å². The third-order valence-corrected chi connectivity index (χ3v) is 4.60. The number of aromatic carboxylic acids is 1. The lowest BCUT2D eigenvalue weighted by Crippen LogP contribution is -2.21. The normalized spacial score (nSPS) is 10.7. The quantitative estimate of drug-likeness (QED) is 0.567. The van der Waals surface area contributed by atoms with Crippen molar-refractivity contribution in [1.82, 2.24) is 9.38 Å². The van der Waals surface area contributed by atoms with Crippen molar-refractivity contribution in [3.63, 3.8) is 0 Å². The monoisotopic (exact) mass is 352 g/mol. The number of carbonyl (C=O) groups excluding carboxylic acids is 1. The molecule has 2 aromatic carbocycles. The van der Waals surface area contributed by atoms with Gasteiger partial charge in [0.25, 0.3) is 0 Å². The van der Waals surface area contributed by atoms with Crippen LogP contribution in [0.3, 0.4) is 0 Å². The standard InChI is InChI=1S/C22H15N3O2/c1-14-10-21-24-12-20(17-4-2-15(11-23)3-5-17)25(21)13-19(14)16-6-8-18(9-7-16)22(26)27/h2-10,12-13H,1H3,(H,26,27)/p-1. The Kier molecular flexibility index (Phi) is 3.94. The zero-order valence-corrected chi connectivity index (χ0v) is 14.5. The number of hydrogen-bond donors (Lipinski definition) is 0. The number of imidazole rings is 1. The van der Waals surface area contributed by atoms with Gasteiger partial charge in [0.15, 0.2) is 0 Å². The number of benzene rings is 2. The number of rotatable bonds is 3. The van der Waals surface area contributed by atoms with E-state index in [2.05, 4.69) is 11.1 Å². The number of aryl methyl sites for hydroxylation is 1. The van der Waals surface area contributed by atoms with Crippen LogP contribution in [0.25, 0.3) is 28.0 Å². The minimum atomic E-state index is -1.19. The molecule has 27 heavy (non-hydrogen) atoms. The Labute approximate surface area is 155 Å². The van der Waals surface area contributed by atoms with Gasteiger partial charge >= 0.3 is 0 Å². The van der Waals surface area contributed by atoms with Crippen LogP contribution in [0.4, 0.5) is 0 Å². The topological polar surface area (TPSA) is 81.2 Å². The summed E-state index contributed by atoms with van der Waals surface area (Å²) in [4.78, 5) is 15.4. The van der Waals surface area contributed by atoms with Gasteiger partial charge in [0.2, 0.25) is 0 Å². The molecule has 0 saturated heterocycles. The Balaban J connectivity index is 1.84. The van der Waals surface area contributed by atoms with E-state index in [4.69, 9.17) is 5.26 Å². The predicted molar refractivity (Wildman–Crippen MR) is 99.8 cm³/mol. The highest BCUT2D eigenvalue weighted by molar-refractivity contribution is 5.86. The highest BCUT2D eigenvalue weighted by atomic mass is 16.4. The van der Waals surface area contributed by atoms with Gasteiger partial charge in [0, 0.05) is 17.3 Å². The van der Waals surface area contributed by atoms with Crippen molar-refractivity contribution in [1.29, 1.82) is 5.26 Å². The molecule has 0 spiro atoms. The van der Waals surface area contributed by atoms with Gasteiger partial charge in [-0.15, -0.1) is 0 Å². The summed E-state index contributed by atoms with van der Waals surface area (Å²) in [6.45, 7) is 2.00. The van der Waals surface area contributed by atoms with Crippen molar-refractivity contribution < 1.29 is 9.90 Å². The number of aromatic nitrogens is 2. The van der Waals surface area contributed by atoms with Crippen molar-refractivity contribution in [2.24, 2.45) is 0 Å². The van der Waals surface area contributed by atoms with Crippen LogP contribution in [0.5, 0.6) is 0 Å². The first kappa shape index (κ1) is 16.6. The molecule has 0 aliphatic carbocycles. The Morgan fingerprint density at radius 2 is 1.74 bits per heavy atom. The SMILES string of the molecule is Cc1cc2ncc(-c3ccc(C#N)cc3)n2cc1-c1ccc(C(=O)[O-])cc1. The molecule has 0 atom stereocenters. The molecule has 0 aliphatic rings. The van der Waals surface area contributed by atoms with Crippen LogP contribution >= 0.6 is 0 Å². The fraction of sp³-hybridized carbons (Fsp3) is 0.0455. The third kappa shape index (κ3) is 2.94. The summed E-state index contributed by atoms with van der Waals surface area (Å²) in [7, 11) is 0. The van der Waals surface area contributed by atoms with Gasteiger partial charge in [0.05, 0.1) is 29.5 Å². The third-order valence-electron chi connectivity index (χ3n) is 4.60. The Morgan fingerprint density at radius 3 is 2.37 bits per heavy atom. The number of hydrogen-bond acceptors (Lipinski definition) is 4. The summed E-state index contributed by atoms with van der Waals surface area (Å²) in [6.07, 6.45) is 3.80. The second-order valence-electron chi connectivity index (χ2n) is 6.30. The molecule has 0 fully saturated rings. The Morgan fingerprint density at radius 1 is 1.07 bits per heavy atom. The molecule has 2 heterocycles. The highest BCUT2D eigenvalue weighted by Crippen LogP contribution is 2.28. The summed E-state index contributed by atoms with van der Waals surface area (Å²) in [5, 5.41) is 19.9. The Bertz CT molecular complexity index is 1200. The summed E-state index contributed by atoms with van der Waals surface area (Å²) >= 11 is 0. The number of nitrogens with zero attached hydrogens (tertiary/aromatic N) is 3. The van der Waals surface area contributed by atoms with Crippen LogP contribution in [0.1, 0.15) is 21.5 Å². The maximum atomic E-state index is 11.0. The van der Waals surface area contributed by atoms with Gasteiger partial charge in [-0.25, -0.2) is 4.98 Å². The number of pyridine rings is 1. The van der Waals surface area contributed by atoms with E-state index >= 15 is 0 Å². The molecule has 0 unspecified atom stereocenters. The smallest absolute Gasteiger partial charge is 0.137 e. The first-order valence-corrected chi connectivity index (χ1v) is 8.37. The Hall–Kier alpha value is -3.91. The number of carboxylic acid groups (broad SMARTS) is 1. The lowest BCUT2D eigenvalue weighted by Gasteiger charge is -2.10. The van der Waals surface area contributed by atoms with Gasteiger partial charge in [0.1, 0.15) is 5.65 Å². The molecule has 0 amide bonds. The van der Waals surface area contributed by atoms with E-state index in [0.717, 1.165) is 33.6 Å². The maximum Gasteiger partial charge on any atom is 0.137 e. The average molecular weight is 352 g/mol. The number of carboxylic acids is 1. The minimum absolute atomic E-state index is 0.151. The highest BCUT2D eigenvalue weighted by Gasteiger charge is 2.10. The van der Waals surface area contributed by atoms with Crippen molar-refractivity contribution in [3.8, 4) is 28.5 Å². The summed E-state index contributed by atoms with van der Waals surface area (Å²) in [5.74, 6) is -1.19. The van der Waals surface area contributed by atoms with E-state index in [1.54, 1.807) is 42.6 Å². The first-order chi connectivity index (χ1) is 13.1. The summed E-state index contributed by atoms with van der Waals surface area (Å²) in [6, 6.07) is 18.1. The van der Waals surface area contributed by atoms with Gasteiger partial charge < -0.3 is 9.90 Å². The zero-order valence-electron chi connectivity index (χ0n) is 14.5. The van der Waals surface area contributed by atoms with Gasteiger partial charge in [-0.05, 0) is 41.8 Å². The molecule has 5 nitrogen and oxygen atoms in total. The van der Waals surface area contributed by atoms with Crippen molar-refractivity contribution in [2.45, 2.75) is 6.92 Å². The molecule has 130 valence electrons. The lowest BCUT2D eigenvalue weighted by atomic mass is 10.0. The summed E-state index contributed by atoms with van der Waals surface area (Å²) < 4.78 is 2.00. The lowest BCUT2D eigenvalue weighted by molar-refractivity contribution is -0.255. The maximum absolute atomic E-state index is 11.0. The minimum Gasteiger partial charge on any atom is -0.545 e. The van der Waals surface area contributed by atoms with Crippen LogP contribution in [0, 0.1) is 18.3 Å². The predicted octanol–water partition coefficient (Wildman–Crippen LogP) is 3.21. The van der Waals surface area contributed by atoms with E-state index < -0.39 is 5.97 Å². The van der Waals surface area contributed by atoms with Crippen LogP contribution in [0.2, 0.25) is 0 Å². The van der Waals surface area contributed by atoms with E-state index in [9.17, 15) is 9.90 Å². The number of fused-ring (bicyclic) bond motifs is 1. The van der Waals surface area contributed by atoms with E-state index in [-0.39, 0.29) is 5.56 Å². The molecule has 2 aromatic heterocycles. The van der Waals surface area contributed by atoms with Crippen LogP contribution in [0.15, 0.2) is 67.0 Å². The largest absolute Gasteiger partial charge is 0.545 e. The molecule has 4 rings (SSSR count). The van der Waals surface area contributed by atoms with E-state index in [1.807, 2.05) is 35.7 Å². The first-order valence-electron chi connectivity index (χ1n) is 8.37. The van der Waals surface area contributed by atoms with Gasteiger partial charge in [-0.3, -0.25) is 4.40 Å². The molecule has 4 aromatic rings. The van der Waals surface area contributed by atoms with Crippen LogP contribution in [-0.4, -0.2) is 15.4 Å². The van der Waals surface area contributed by atoms with Crippen molar-refractivity contribution in [2.75, 3.05) is 0 Å². The average Bonchev–Trinajstić information content (AvgIpc) is 3.10. The molecular weight excluding hydrogens is 338 g/mol. The van der Waals surface area contributed by atoms with Gasteiger partial charge in [-0.2, -0.15) is 5.26 Å². The van der Waals surface area contributed by atoms with Crippen LogP contribution < -0.4 is 5.11 Å². The molecule has 0 bridgehead atoms. The number of carbonyl (C=O) groups is 1. The molecule has 5 heteroatoms. The number of nitriles is 1. The second kappa shape index (κ2) is 6.43. The van der Waals surface area contributed by atoms with Gasteiger partial charge in [-0.1, -0.05) is 36.4 Å². The molecule has 0 aliphatic heterocycles. The van der Waals surface area contributed by atoms with E-state index in [1.165, 1.54) is 0 Å². The molecule has 0 radical (unpaired) electrons. The molecule has 0 saturated carbocycles.